The third-order valence-electron chi connectivity index (χ3n) is 5.51. The maximum atomic E-state index is 12.9. The molecule has 8 heteroatoms. The summed E-state index contributed by atoms with van der Waals surface area (Å²) in [6, 6.07) is 0.401. The molecule has 1 saturated carbocycles. The molecule has 2 aliphatic heterocycles. The highest BCUT2D eigenvalue weighted by Gasteiger charge is 2.43. The molecule has 0 bridgehead atoms. The minimum atomic E-state index is -0.167. The van der Waals surface area contributed by atoms with E-state index >= 15 is 0 Å². The second-order valence-corrected chi connectivity index (χ2v) is 7.63. The van der Waals surface area contributed by atoms with Gasteiger partial charge in [0.2, 0.25) is 11.8 Å². The van der Waals surface area contributed by atoms with E-state index in [0.29, 0.717) is 30.3 Å². The van der Waals surface area contributed by atoms with Gasteiger partial charge in [0.05, 0.1) is 5.92 Å². The molecule has 1 aliphatic carbocycles. The molecule has 3 aliphatic rings. The fraction of sp³-hybridized carbons (Fsp3) is 0.750. The molecule has 1 aromatic rings. The zero-order valence-corrected chi connectivity index (χ0v) is 14.7. The summed E-state index contributed by atoms with van der Waals surface area (Å²) in [5.41, 5.74) is 0. The maximum absolute atomic E-state index is 12.9. The molecular weight excluding hydrogens is 326 g/mol. The first-order valence-electron chi connectivity index (χ1n) is 8.74. The minimum absolute atomic E-state index is 0.132. The van der Waals surface area contributed by atoms with Gasteiger partial charge in [-0.2, -0.15) is 5.10 Å². The normalized spacial score (nSPS) is 27.8. The molecular formula is C16H23N5O2S. The summed E-state index contributed by atoms with van der Waals surface area (Å²) in [7, 11) is 1.91. The third-order valence-corrected chi connectivity index (χ3v) is 5.87. The van der Waals surface area contributed by atoms with Gasteiger partial charge in [0.15, 0.2) is 4.77 Å². The van der Waals surface area contributed by atoms with Gasteiger partial charge < -0.3 is 14.4 Å². The van der Waals surface area contributed by atoms with Gasteiger partial charge in [0.25, 0.3) is 0 Å². The van der Waals surface area contributed by atoms with Crippen LogP contribution in [0.15, 0.2) is 0 Å². The first-order valence-corrected chi connectivity index (χ1v) is 9.15. The van der Waals surface area contributed by atoms with Crippen molar-refractivity contribution in [3.63, 3.8) is 0 Å². The molecule has 130 valence electrons. The number of carbonyl (C=O) groups excluding carboxylic acids is 2. The Labute approximate surface area is 146 Å². The van der Waals surface area contributed by atoms with Crippen LogP contribution in [0.2, 0.25) is 0 Å². The number of amides is 2. The van der Waals surface area contributed by atoms with E-state index in [1.807, 2.05) is 21.4 Å². The number of aromatic nitrogens is 3. The van der Waals surface area contributed by atoms with Crippen LogP contribution in [0, 0.1) is 10.7 Å². The van der Waals surface area contributed by atoms with Crippen LogP contribution < -0.4 is 0 Å². The lowest BCUT2D eigenvalue weighted by Gasteiger charge is -2.33. The zero-order chi connectivity index (χ0) is 16.8. The molecule has 7 nitrogen and oxygen atoms in total. The van der Waals surface area contributed by atoms with Gasteiger partial charge in [0.1, 0.15) is 5.82 Å². The van der Waals surface area contributed by atoms with E-state index < -0.39 is 0 Å². The van der Waals surface area contributed by atoms with E-state index in [0.717, 1.165) is 38.1 Å². The van der Waals surface area contributed by atoms with E-state index in [9.17, 15) is 9.59 Å². The number of likely N-dealkylation sites (tertiary alicyclic amines) is 2. The second-order valence-electron chi connectivity index (χ2n) is 7.25. The summed E-state index contributed by atoms with van der Waals surface area (Å²) in [5, 5.41) is 7.16. The Morgan fingerprint density at radius 3 is 2.75 bits per heavy atom. The Morgan fingerprint density at radius 2 is 2.08 bits per heavy atom. The number of carbonyl (C=O) groups is 2. The lowest BCUT2D eigenvalue weighted by molar-refractivity contribution is -0.137. The molecule has 0 radical (unpaired) electrons. The van der Waals surface area contributed by atoms with Crippen molar-refractivity contribution in [3.8, 4) is 0 Å². The maximum Gasteiger partial charge on any atom is 0.228 e. The van der Waals surface area contributed by atoms with Crippen LogP contribution in [0.3, 0.4) is 0 Å². The number of rotatable bonds is 3. The highest BCUT2D eigenvalue weighted by Crippen LogP contribution is 2.34. The SMILES string of the molecule is Cn1c([C@H]2CCCN(C(=O)[C@H]3CC(=O)N(C4CC4)C3)C2)n[nH]c1=S. The van der Waals surface area contributed by atoms with Gasteiger partial charge in [-0.3, -0.25) is 14.7 Å². The van der Waals surface area contributed by atoms with Gasteiger partial charge >= 0.3 is 0 Å². The lowest BCUT2D eigenvalue weighted by atomic mass is 9.95. The minimum Gasteiger partial charge on any atom is -0.342 e. The Balaban J connectivity index is 1.44. The summed E-state index contributed by atoms with van der Waals surface area (Å²) in [4.78, 5) is 28.9. The fourth-order valence-electron chi connectivity index (χ4n) is 4.01. The molecule has 2 saturated heterocycles. The van der Waals surface area contributed by atoms with Crippen molar-refractivity contribution in [1.82, 2.24) is 24.6 Å². The summed E-state index contributed by atoms with van der Waals surface area (Å²) >= 11 is 5.19. The lowest BCUT2D eigenvalue weighted by Crippen LogP contribution is -2.43. The highest BCUT2D eigenvalue weighted by molar-refractivity contribution is 7.71. The van der Waals surface area contributed by atoms with Crippen LogP contribution in [-0.4, -0.2) is 62.1 Å². The van der Waals surface area contributed by atoms with Crippen molar-refractivity contribution in [2.45, 2.75) is 44.1 Å². The van der Waals surface area contributed by atoms with Crippen LogP contribution >= 0.6 is 12.2 Å². The Bertz CT molecular complexity index is 722. The Morgan fingerprint density at radius 1 is 1.29 bits per heavy atom. The van der Waals surface area contributed by atoms with Crippen LogP contribution in [-0.2, 0) is 16.6 Å². The van der Waals surface area contributed by atoms with Crippen molar-refractivity contribution in [1.29, 1.82) is 0 Å². The first-order chi connectivity index (χ1) is 11.5. The average molecular weight is 349 g/mol. The smallest absolute Gasteiger partial charge is 0.228 e. The molecule has 2 amide bonds. The molecule has 3 fully saturated rings. The molecule has 0 spiro atoms. The second kappa shape index (κ2) is 5.98. The molecule has 0 unspecified atom stereocenters. The van der Waals surface area contributed by atoms with Crippen molar-refractivity contribution in [3.05, 3.63) is 10.6 Å². The topological polar surface area (TPSA) is 74.2 Å². The van der Waals surface area contributed by atoms with Crippen molar-refractivity contribution < 1.29 is 9.59 Å². The monoisotopic (exact) mass is 349 g/mol. The number of hydrogen-bond donors (Lipinski definition) is 1. The number of piperidine rings is 1. The molecule has 1 N–H and O–H groups in total. The number of nitrogens with zero attached hydrogens (tertiary/aromatic N) is 4. The van der Waals surface area contributed by atoms with Crippen LogP contribution in [0.1, 0.15) is 43.8 Å². The van der Waals surface area contributed by atoms with Crippen molar-refractivity contribution >= 4 is 24.0 Å². The first kappa shape index (κ1) is 15.8. The van der Waals surface area contributed by atoms with E-state index in [-0.39, 0.29) is 23.7 Å². The molecule has 4 rings (SSSR count). The van der Waals surface area contributed by atoms with Gasteiger partial charge in [-0.05, 0) is 37.9 Å². The average Bonchev–Trinajstić information content (AvgIpc) is 3.28. The fourth-order valence-corrected chi connectivity index (χ4v) is 4.15. The zero-order valence-electron chi connectivity index (χ0n) is 13.9. The number of H-pyrrole nitrogens is 1. The molecule has 3 heterocycles. The summed E-state index contributed by atoms with van der Waals surface area (Å²) in [6.07, 6.45) is 4.54. The largest absolute Gasteiger partial charge is 0.342 e. The van der Waals surface area contributed by atoms with E-state index in [2.05, 4.69) is 10.2 Å². The van der Waals surface area contributed by atoms with Crippen molar-refractivity contribution in [2.75, 3.05) is 19.6 Å². The van der Waals surface area contributed by atoms with Gasteiger partial charge in [-0.1, -0.05) is 0 Å². The van der Waals surface area contributed by atoms with E-state index in [4.69, 9.17) is 12.2 Å². The quantitative estimate of drug-likeness (QED) is 0.832. The molecule has 24 heavy (non-hydrogen) atoms. The molecule has 0 aromatic carbocycles. The standard InChI is InChI=1S/C16H23N5O2S/c1-19-14(17-18-16(19)24)10-3-2-6-20(8-10)15(23)11-7-13(22)21(9-11)12-4-5-12/h10-12H,2-9H2,1H3,(H,18,24)/t10-,11-/m0/s1. The van der Waals surface area contributed by atoms with E-state index in [1.54, 1.807) is 0 Å². The number of aromatic amines is 1. The molecule has 2 atom stereocenters. The number of nitrogens with one attached hydrogen (secondary N) is 1. The summed E-state index contributed by atoms with van der Waals surface area (Å²) < 4.78 is 2.50. The summed E-state index contributed by atoms with van der Waals surface area (Å²) in [6.45, 7) is 2.05. The third kappa shape index (κ3) is 2.76. The van der Waals surface area contributed by atoms with Gasteiger partial charge in [0, 0.05) is 45.1 Å². The van der Waals surface area contributed by atoms with Crippen LogP contribution in [0.4, 0.5) is 0 Å². The summed E-state index contributed by atoms with van der Waals surface area (Å²) in [5.74, 6) is 1.24. The number of hydrogen-bond acceptors (Lipinski definition) is 4. The predicted octanol–water partition coefficient (Wildman–Crippen LogP) is 1.19. The molecule has 1 aromatic heterocycles. The van der Waals surface area contributed by atoms with Gasteiger partial charge in [-0.25, -0.2) is 0 Å². The highest BCUT2D eigenvalue weighted by atomic mass is 32.1. The van der Waals surface area contributed by atoms with Crippen LogP contribution in [0.25, 0.3) is 0 Å². The van der Waals surface area contributed by atoms with E-state index in [1.165, 1.54) is 0 Å². The Kier molecular flexibility index (Phi) is 3.94. The van der Waals surface area contributed by atoms with Crippen LogP contribution in [0.5, 0.6) is 0 Å². The Hall–Kier alpha value is -1.70. The van der Waals surface area contributed by atoms with Gasteiger partial charge in [-0.15, -0.1) is 0 Å². The predicted molar refractivity (Wildman–Crippen MR) is 89.8 cm³/mol. The van der Waals surface area contributed by atoms with Crippen molar-refractivity contribution in [2.24, 2.45) is 13.0 Å².